The van der Waals surface area contributed by atoms with E-state index in [1.807, 2.05) is 0 Å². The minimum Gasteiger partial charge on any atom is -0.329 e. The van der Waals surface area contributed by atoms with Gasteiger partial charge in [0.05, 0.1) is 0 Å². The molecule has 1 unspecified atom stereocenters. The Morgan fingerprint density at radius 2 is 1.74 bits per heavy atom. The second-order valence-corrected chi connectivity index (χ2v) is 6.45. The van der Waals surface area contributed by atoms with Crippen LogP contribution in [0.4, 0.5) is 0 Å². The van der Waals surface area contributed by atoms with Crippen LogP contribution >= 0.6 is 0 Å². The number of hydrogen-bond acceptors (Lipinski definition) is 3. The molecule has 0 bridgehead atoms. The molecule has 2 fully saturated rings. The largest absolute Gasteiger partial charge is 0.329 e. The first-order valence-corrected chi connectivity index (χ1v) is 8.45. The van der Waals surface area contributed by atoms with Crippen LogP contribution in [-0.4, -0.2) is 54.1 Å². The van der Waals surface area contributed by atoms with Crippen LogP contribution < -0.4 is 5.73 Å². The van der Waals surface area contributed by atoms with Gasteiger partial charge in [-0.1, -0.05) is 39.5 Å². The Morgan fingerprint density at radius 1 is 1.11 bits per heavy atom. The number of nitrogens with zero attached hydrogens (tertiary/aromatic N) is 2. The molecule has 0 aromatic carbocycles. The normalized spacial score (nSPS) is 28.7. The molecule has 0 aromatic heterocycles. The van der Waals surface area contributed by atoms with Gasteiger partial charge in [0.1, 0.15) is 0 Å². The monoisotopic (exact) mass is 267 g/mol. The number of hydrogen-bond donors (Lipinski definition) is 1. The van der Waals surface area contributed by atoms with Gasteiger partial charge in [-0.15, -0.1) is 0 Å². The third kappa shape index (κ3) is 3.32. The van der Waals surface area contributed by atoms with Crippen molar-refractivity contribution in [3.8, 4) is 0 Å². The van der Waals surface area contributed by atoms with Crippen LogP contribution in [-0.2, 0) is 0 Å². The zero-order valence-corrected chi connectivity index (χ0v) is 13.0. The van der Waals surface area contributed by atoms with Crippen LogP contribution in [0.1, 0.15) is 58.8 Å². The van der Waals surface area contributed by atoms with Crippen LogP contribution in [0.15, 0.2) is 0 Å². The number of likely N-dealkylation sites (tertiary alicyclic amines) is 1. The third-order valence-electron chi connectivity index (χ3n) is 5.58. The van der Waals surface area contributed by atoms with E-state index < -0.39 is 0 Å². The molecular weight excluding hydrogens is 234 g/mol. The number of nitrogens with two attached hydrogens (primary N) is 1. The predicted molar refractivity (Wildman–Crippen MR) is 82.4 cm³/mol. The zero-order chi connectivity index (χ0) is 13.7. The van der Waals surface area contributed by atoms with E-state index in [4.69, 9.17) is 5.73 Å². The summed E-state index contributed by atoms with van der Waals surface area (Å²) in [5.74, 6) is 0. The van der Waals surface area contributed by atoms with Gasteiger partial charge in [0.15, 0.2) is 0 Å². The average molecular weight is 267 g/mol. The van der Waals surface area contributed by atoms with Gasteiger partial charge in [0.2, 0.25) is 0 Å². The van der Waals surface area contributed by atoms with E-state index in [0.29, 0.717) is 5.54 Å². The van der Waals surface area contributed by atoms with E-state index in [1.54, 1.807) is 0 Å². The highest BCUT2D eigenvalue weighted by Gasteiger charge is 2.40. The van der Waals surface area contributed by atoms with Crippen LogP contribution in [0.3, 0.4) is 0 Å². The fourth-order valence-corrected chi connectivity index (χ4v) is 4.25. The van der Waals surface area contributed by atoms with Gasteiger partial charge < -0.3 is 5.73 Å². The highest BCUT2D eigenvalue weighted by molar-refractivity contribution is 4.98. The zero-order valence-electron chi connectivity index (χ0n) is 13.0. The minimum absolute atomic E-state index is 0.332. The summed E-state index contributed by atoms with van der Waals surface area (Å²) in [7, 11) is 0. The van der Waals surface area contributed by atoms with Crippen molar-refractivity contribution in [2.24, 2.45) is 5.73 Å². The maximum Gasteiger partial charge on any atom is 0.0332 e. The molecule has 2 aliphatic rings. The molecule has 0 aromatic rings. The Balaban J connectivity index is 2.00. The molecule has 2 N–H and O–H groups in total. The van der Waals surface area contributed by atoms with Crippen molar-refractivity contribution >= 4 is 0 Å². The summed E-state index contributed by atoms with van der Waals surface area (Å²) >= 11 is 0. The van der Waals surface area contributed by atoms with E-state index >= 15 is 0 Å². The number of rotatable bonds is 5. The SMILES string of the molecule is CCN(CC)C1CCN(C2(CN)CCCCCC2)C1. The van der Waals surface area contributed by atoms with E-state index in [0.717, 1.165) is 12.6 Å². The summed E-state index contributed by atoms with van der Waals surface area (Å²) in [6.45, 7) is 10.3. The van der Waals surface area contributed by atoms with Crippen molar-refractivity contribution in [1.82, 2.24) is 9.80 Å². The first-order chi connectivity index (χ1) is 9.25. The lowest BCUT2D eigenvalue weighted by Crippen LogP contribution is -2.53. The molecule has 0 amide bonds. The molecule has 1 aliphatic carbocycles. The van der Waals surface area contributed by atoms with Crippen LogP contribution in [0.2, 0.25) is 0 Å². The molecule has 1 heterocycles. The summed E-state index contributed by atoms with van der Waals surface area (Å²) in [6, 6.07) is 0.765. The van der Waals surface area contributed by atoms with Crippen molar-refractivity contribution in [2.45, 2.75) is 70.4 Å². The molecule has 2 rings (SSSR count). The molecule has 112 valence electrons. The van der Waals surface area contributed by atoms with Crippen molar-refractivity contribution in [1.29, 1.82) is 0 Å². The lowest BCUT2D eigenvalue weighted by atomic mass is 9.88. The topological polar surface area (TPSA) is 32.5 Å². The highest BCUT2D eigenvalue weighted by Crippen LogP contribution is 2.35. The third-order valence-corrected chi connectivity index (χ3v) is 5.58. The second kappa shape index (κ2) is 7.05. The Kier molecular flexibility index (Phi) is 5.67. The van der Waals surface area contributed by atoms with Crippen molar-refractivity contribution in [2.75, 3.05) is 32.7 Å². The quantitative estimate of drug-likeness (QED) is 0.777. The lowest BCUT2D eigenvalue weighted by molar-refractivity contribution is 0.0927. The summed E-state index contributed by atoms with van der Waals surface area (Å²) in [5, 5.41) is 0. The maximum atomic E-state index is 6.22. The highest BCUT2D eigenvalue weighted by atomic mass is 15.3. The molecule has 1 saturated heterocycles. The molecule has 0 spiro atoms. The maximum absolute atomic E-state index is 6.22. The van der Waals surface area contributed by atoms with Gasteiger partial charge in [0, 0.05) is 31.2 Å². The molecule has 3 heteroatoms. The van der Waals surface area contributed by atoms with Crippen molar-refractivity contribution in [3.63, 3.8) is 0 Å². The Morgan fingerprint density at radius 3 is 2.26 bits per heavy atom. The summed E-state index contributed by atoms with van der Waals surface area (Å²) in [6.07, 6.45) is 9.57. The van der Waals surface area contributed by atoms with Gasteiger partial charge in [-0.2, -0.15) is 0 Å². The van der Waals surface area contributed by atoms with Crippen molar-refractivity contribution < 1.29 is 0 Å². The standard InChI is InChI=1S/C16H33N3/c1-3-18(4-2)15-9-12-19(13-15)16(14-17)10-7-5-6-8-11-16/h15H,3-14,17H2,1-2H3. The fraction of sp³-hybridized carbons (Fsp3) is 1.00. The Labute approximate surface area is 119 Å². The molecule has 1 atom stereocenters. The molecule has 0 radical (unpaired) electrons. The molecule has 1 aliphatic heterocycles. The summed E-state index contributed by atoms with van der Waals surface area (Å²) in [5.41, 5.74) is 6.55. The van der Waals surface area contributed by atoms with Crippen molar-refractivity contribution in [3.05, 3.63) is 0 Å². The molecule has 1 saturated carbocycles. The van der Waals surface area contributed by atoms with Crippen LogP contribution in [0, 0.1) is 0 Å². The first kappa shape index (κ1) is 15.3. The van der Waals surface area contributed by atoms with E-state index in [2.05, 4.69) is 23.6 Å². The number of likely N-dealkylation sites (N-methyl/N-ethyl adjacent to an activating group) is 1. The smallest absolute Gasteiger partial charge is 0.0332 e. The fourth-order valence-electron chi connectivity index (χ4n) is 4.25. The molecule has 3 nitrogen and oxygen atoms in total. The average Bonchev–Trinajstić information content (AvgIpc) is 2.80. The van der Waals surface area contributed by atoms with Gasteiger partial charge in [-0.25, -0.2) is 0 Å². The van der Waals surface area contributed by atoms with Gasteiger partial charge in [-0.05, 0) is 32.4 Å². The van der Waals surface area contributed by atoms with E-state index in [9.17, 15) is 0 Å². The molecule has 19 heavy (non-hydrogen) atoms. The van der Waals surface area contributed by atoms with Crippen LogP contribution in [0.5, 0.6) is 0 Å². The first-order valence-electron chi connectivity index (χ1n) is 8.45. The molecular formula is C16H33N3. The minimum atomic E-state index is 0.332. The van der Waals surface area contributed by atoms with Gasteiger partial charge in [-0.3, -0.25) is 9.80 Å². The van der Waals surface area contributed by atoms with Gasteiger partial charge >= 0.3 is 0 Å². The van der Waals surface area contributed by atoms with Crippen LogP contribution in [0.25, 0.3) is 0 Å². The van der Waals surface area contributed by atoms with Gasteiger partial charge in [0.25, 0.3) is 0 Å². The van der Waals surface area contributed by atoms with E-state index in [1.165, 1.54) is 71.1 Å². The predicted octanol–water partition coefficient (Wildman–Crippen LogP) is 2.45. The summed E-state index contributed by atoms with van der Waals surface area (Å²) in [4.78, 5) is 5.38. The lowest BCUT2D eigenvalue weighted by Gasteiger charge is -2.41. The second-order valence-electron chi connectivity index (χ2n) is 6.45. The summed E-state index contributed by atoms with van der Waals surface area (Å²) < 4.78 is 0. The van der Waals surface area contributed by atoms with E-state index in [-0.39, 0.29) is 0 Å². The Hall–Kier alpha value is -0.120. The Bertz CT molecular complexity index is 255.